The van der Waals surface area contributed by atoms with Crippen LogP contribution in [0.3, 0.4) is 0 Å². The maximum atomic E-state index is 6.11. The minimum Gasteiger partial charge on any atom is -0.378 e. The summed E-state index contributed by atoms with van der Waals surface area (Å²) in [5, 5.41) is 13.1. The fourth-order valence-electron chi connectivity index (χ4n) is 2.00. The second-order valence-corrected chi connectivity index (χ2v) is 5.70. The summed E-state index contributed by atoms with van der Waals surface area (Å²) < 4.78 is 0. The summed E-state index contributed by atoms with van der Waals surface area (Å²) in [7, 11) is 0. The first-order chi connectivity index (χ1) is 9.75. The van der Waals surface area contributed by atoms with Crippen molar-refractivity contribution >= 4 is 28.6 Å². The van der Waals surface area contributed by atoms with Crippen LogP contribution in [0.15, 0.2) is 36.0 Å². The Hall–Kier alpha value is -1.85. The normalized spacial score (nSPS) is 10.7. The molecule has 0 saturated heterocycles. The molecule has 6 heteroatoms. The van der Waals surface area contributed by atoms with Crippen molar-refractivity contribution in [1.82, 2.24) is 15.2 Å². The maximum absolute atomic E-state index is 6.11. The SMILES string of the molecule is Cc1ccnc(Cl)c1NCc1cn[nH]c1-c1cccs1. The Morgan fingerprint density at radius 1 is 1.40 bits per heavy atom. The summed E-state index contributed by atoms with van der Waals surface area (Å²) in [6, 6.07) is 6.04. The van der Waals surface area contributed by atoms with Crippen molar-refractivity contribution in [2.24, 2.45) is 0 Å². The van der Waals surface area contributed by atoms with E-state index in [0.29, 0.717) is 11.7 Å². The lowest BCUT2D eigenvalue weighted by molar-refractivity contribution is 1.10. The third-order valence-corrected chi connectivity index (χ3v) is 4.23. The van der Waals surface area contributed by atoms with Gasteiger partial charge in [-0.05, 0) is 30.0 Å². The number of pyridine rings is 1. The van der Waals surface area contributed by atoms with Crippen LogP contribution in [0.4, 0.5) is 5.69 Å². The van der Waals surface area contributed by atoms with Gasteiger partial charge in [-0.3, -0.25) is 5.10 Å². The number of aryl methyl sites for hydroxylation is 1. The molecule has 3 aromatic heterocycles. The number of nitrogens with one attached hydrogen (secondary N) is 2. The third-order valence-electron chi connectivity index (χ3n) is 3.05. The number of rotatable bonds is 4. The number of hydrogen-bond acceptors (Lipinski definition) is 4. The first-order valence-corrected chi connectivity index (χ1v) is 7.42. The van der Waals surface area contributed by atoms with Crippen LogP contribution in [0.2, 0.25) is 5.15 Å². The molecule has 0 aliphatic heterocycles. The van der Waals surface area contributed by atoms with E-state index in [1.807, 2.05) is 25.3 Å². The standard InChI is InChI=1S/C14H13ClN4S/c1-9-4-5-16-14(15)12(9)17-7-10-8-18-19-13(10)11-3-2-6-20-11/h2-6,8,17H,7H2,1H3,(H,18,19). The summed E-state index contributed by atoms with van der Waals surface area (Å²) >= 11 is 7.80. The monoisotopic (exact) mass is 304 g/mol. The largest absolute Gasteiger partial charge is 0.378 e. The minimum atomic E-state index is 0.492. The molecule has 102 valence electrons. The number of aromatic amines is 1. The Morgan fingerprint density at radius 2 is 2.30 bits per heavy atom. The Labute approximate surface area is 125 Å². The van der Waals surface area contributed by atoms with E-state index in [-0.39, 0.29) is 0 Å². The molecule has 4 nitrogen and oxygen atoms in total. The van der Waals surface area contributed by atoms with Gasteiger partial charge in [0.25, 0.3) is 0 Å². The predicted molar refractivity (Wildman–Crippen MR) is 83.2 cm³/mol. The van der Waals surface area contributed by atoms with Crippen LogP contribution in [-0.4, -0.2) is 15.2 Å². The van der Waals surface area contributed by atoms with Gasteiger partial charge in [0.05, 0.1) is 22.5 Å². The lowest BCUT2D eigenvalue weighted by Gasteiger charge is -2.10. The molecular formula is C14H13ClN4S. The molecule has 0 spiro atoms. The average molecular weight is 305 g/mol. The molecule has 0 aromatic carbocycles. The third kappa shape index (κ3) is 2.55. The predicted octanol–water partition coefficient (Wildman–Crippen LogP) is 4.11. The Bertz CT molecular complexity index is 686. The van der Waals surface area contributed by atoms with Crippen LogP contribution in [0, 0.1) is 6.92 Å². The van der Waals surface area contributed by atoms with Crippen LogP contribution in [0.25, 0.3) is 10.6 Å². The quantitative estimate of drug-likeness (QED) is 0.713. The molecule has 3 aromatic rings. The molecule has 0 unspecified atom stereocenters. The number of nitrogens with zero attached hydrogens (tertiary/aromatic N) is 2. The van der Waals surface area contributed by atoms with Gasteiger partial charge in [0.2, 0.25) is 0 Å². The number of H-pyrrole nitrogens is 1. The molecular weight excluding hydrogens is 292 g/mol. The zero-order chi connectivity index (χ0) is 13.9. The minimum absolute atomic E-state index is 0.492. The van der Waals surface area contributed by atoms with E-state index in [2.05, 4.69) is 31.9 Å². The van der Waals surface area contributed by atoms with Gasteiger partial charge in [0.1, 0.15) is 0 Å². The van der Waals surface area contributed by atoms with Crippen LogP contribution in [0.1, 0.15) is 11.1 Å². The summed E-state index contributed by atoms with van der Waals surface area (Å²) in [6.45, 7) is 2.65. The lowest BCUT2D eigenvalue weighted by Crippen LogP contribution is -2.02. The van der Waals surface area contributed by atoms with E-state index < -0.39 is 0 Å². The molecule has 0 bridgehead atoms. The topological polar surface area (TPSA) is 53.6 Å². The molecule has 0 amide bonds. The van der Waals surface area contributed by atoms with Gasteiger partial charge in [-0.2, -0.15) is 5.10 Å². The first-order valence-electron chi connectivity index (χ1n) is 6.17. The van der Waals surface area contributed by atoms with E-state index in [1.54, 1.807) is 17.5 Å². The van der Waals surface area contributed by atoms with Crippen molar-refractivity contribution in [1.29, 1.82) is 0 Å². The molecule has 0 atom stereocenters. The molecule has 20 heavy (non-hydrogen) atoms. The summed E-state index contributed by atoms with van der Waals surface area (Å²) in [5.41, 5.74) is 4.09. The second-order valence-electron chi connectivity index (χ2n) is 4.39. The Balaban J connectivity index is 1.82. The average Bonchev–Trinajstić information content (AvgIpc) is 3.08. The highest BCUT2D eigenvalue weighted by Crippen LogP contribution is 2.28. The molecule has 0 saturated carbocycles. The van der Waals surface area contributed by atoms with Gasteiger partial charge in [-0.25, -0.2) is 4.98 Å². The van der Waals surface area contributed by atoms with Gasteiger partial charge in [0, 0.05) is 18.3 Å². The Morgan fingerprint density at radius 3 is 3.05 bits per heavy atom. The van der Waals surface area contributed by atoms with E-state index in [1.165, 1.54) is 4.88 Å². The zero-order valence-corrected chi connectivity index (χ0v) is 12.4. The molecule has 0 aliphatic rings. The van der Waals surface area contributed by atoms with Crippen molar-refractivity contribution in [3.8, 4) is 10.6 Å². The summed E-state index contributed by atoms with van der Waals surface area (Å²) in [5.74, 6) is 0. The molecule has 3 heterocycles. The molecule has 3 rings (SSSR count). The number of aromatic nitrogens is 3. The molecule has 0 fully saturated rings. The van der Waals surface area contributed by atoms with Crippen molar-refractivity contribution in [3.05, 3.63) is 52.3 Å². The van der Waals surface area contributed by atoms with Crippen molar-refractivity contribution < 1.29 is 0 Å². The highest BCUT2D eigenvalue weighted by atomic mass is 35.5. The molecule has 0 radical (unpaired) electrons. The summed E-state index contributed by atoms with van der Waals surface area (Å²) in [4.78, 5) is 5.27. The highest BCUT2D eigenvalue weighted by molar-refractivity contribution is 7.13. The highest BCUT2D eigenvalue weighted by Gasteiger charge is 2.10. The second kappa shape index (κ2) is 5.64. The maximum Gasteiger partial charge on any atom is 0.152 e. The number of hydrogen-bond donors (Lipinski definition) is 2. The number of anilines is 1. The van der Waals surface area contributed by atoms with Crippen LogP contribution < -0.4 is 5.32 Å². The van der Waals surface area contributed by atoms with Gasteiger partial charge in [0.15, 0.2) is 5.15 Å². The first kappa shape index (κ1) is 13.1. The summed E-state index contributed by atoms with van der Waals surface area (Å²) in [6.07, 6.45) is 3.54. The van der Waals surface area contributed by atoms with Crippen LogP contribution in [-0.2, 0) is 6.54 Å². The van der Waals surface area contributed by atoms with Gasteiger partial charge < -0.3 is 5.32 Å². The smallest absolute Gasteiger partial charge is 0.152 e. The van der Waals surface area contributed by atoms with Crippen LogP contribution in [0.5, 0.6) is 0 Å². The van der Waals surface area contributed by atoms with Crippen molar-refractivity contribution in [2.75, 3.05) is 5.32 Å². The zero-order valence-electron chi connectivity index (χ0n) is 10.9. The van der Waals surface area contributed by atoms with E-state index in [0.717, 1.165) is 22.5 Å². The Kier molecular flexibility index (Phi) is 3.71. The molecule has 2 N–H and O–H groups in total. The van der Waals surface area contributed by atoms with E-state index >= 15 is 0 Å². The molecule has 0 aliphatic carbocycles. The fourth-order valence-corrected chi connectivity index (χ4v) is 3.03. The number of thiophene rings is 1. The lowest BCUT2D eigenvalue weighted by atomic mass is 10.2. The van der Waals surface area contributed by atoms with Gasteiger partial charge in [-0.1, -0.05) is 17.7 Å². The van der Waals surface area contributed by atoms with Gasteiger partial charge >= 0.3 is 0 Å². The van der Waals surface area contributed by atoms with E-state index in [4.69, 9.17) is 11.6 Å². The van der Waals surface area contributed by atoms with Crippen molar-refractivity contribution in [2.45, 2.75) is 13.5 Å². The van der Waals surface area contributed by atoms with E-state index in [9.17, 15) is 0 Å². The van der Waals surface area contributed by atoms with Gasteiger partial charge in [-0.15, -0.1) is 11.3 Å². The number of halogens is 1. The van der Waals surface area contributed by atoms with Crippen LogP contribution >= 0.6 is 22.9 Å². The van der Waals surface area contributed by atoms with Crippen molar-refractivity contribution in [3.63, 3.8) is 0 Å². The fraction of sp³-hybridized carbons (Fsp3) is 0.143.